The summed E-state index contributed by atoms with van der Waals surface area (Å²) in [4.78, 5) is 19.2. The number of esters is 1. The Labute approximate surface area is 202 Å². The van der Waals surface area contributed by atoms with E-state index in [0.717, 1.165) is 38.5 Å². The molecule has 0 aliphatic heterocycles. The summed E-state index contributed by atoms with van der Waals surface area (Å²) in [6.45, 7) is 8.21. The van der Waals surface area contributed by atoms with E-state index in [9.17, 15) is 26.1 Å². The third kappa shape index (κ3) is 3.37. The third-order valence-electron chi connectivity index (χ3n) is 10.8. The van der Waals surface area contributed by atoms with Gasteiger partial charge in [-0.05, 0) is 93.8 Å². The first-order chi connectivity index (χ1) is 16.0. The van der Waals surface area contributed by atoms with Crippen LogP contribution in [0.15, 0.2) is 0 Å². The molecule has 8 atom stereocenters. The van der Waals surface area contributed by atoms with E-state index in [-0.39, 0.29) is 23.7 Å². The fourth-order valence-electron chi connectivity index (χ4n) is 8.90. The number of carbonyl (C=O) groups is 1. The van der Waals surface area contributed by atoms with Crippen LogP contribution in [0.3, 0.4) is 0 Å². The van der Waals surface area contributed by atoms with Crippen LogP contribution in [-0.4, -0.2) is 55.0 Å². The van der Waals surface area contributed by atoms with Crippen LogP contribution in [0.4, 0.5) is 0 Å². The summed E-state index contributed by atoms with van der Waals surface area (Å²) < 4.78 is 5.11. The molecule has 0 radical (unpaired) electrons. The zero-order valence-corrected chi connectivity index (χ0v) is 21.1. The molecule has 34 heavy (non-hydrogen) atoms. The van der Waals surface area contributed by atoms with Gasteiger partial charge in [0.25, 0.3) is 5.71 Å². The molecule has 2 unspecified atom stereocenters. The van der Waals surface area contributed by atoms with Crippen molar-refractivity contribution in [2.75, 3.05) is 6.61 Å². The van der Waals surface area contributed by atoms with Crippen LogP contribution in [-0.2, 0) is 9.53 Å². The Morgan fingerprint density at radius 1 is 0.971 bits per heavy atom. The summed E-state index contributed by atoms with van der Waals surface area (Å²) in [5.41, 5.74) is 16.4. The quantitative estimate of drug-likeness (QED) is 0.272. The van der Waals surface area contributed by atoms with Gasteiger partial charge in [0.15, 0.2) is 11.2 Å². The summed E-state index contributed by atoms with van der Waals surface area (Å²) in [7, 11) is 0. The Hall–Kier alpha value is -1.85. The van der Waals surface area contributed by atoms with E-state index in [4.69, 9.17) is 4.74 Å². The lowest BCUT2D eigenvalue weighted by Crippen LogP contribution is -2.61. The van der Waals surface area contributed by atoms with Gasteiger partial charge in [-0.3, -0.25) is 0 Å². The molecular weight excluding hydrogens is 432 g/mol. The molecule has 0 spiro atoms. The Bertz CT molecular complexity index is 956. The molecule has 0 aromatic heterocycles. The van der Waals surface area contributed by atoms with Crippen LogP contribution in [0.5, 0.6) is 0 Å². The van der Waals surface area contributed by atoms with Crippen molar-refractivity contribution in [3.63, 3.8) is 0 Å². The first-order valence-electron chi connectivity index (χ1n) is 13.1. The van der Waals surface area contributed by atoms with E-state index in [0.29, 0.717) is 49.1 Å². The number of nitrogens with zero attached hydrogens (tertiary/aromatic N) is 4. The second-order valence-electron chi connectivity index (χ2n) is 11.8. The Kier molecular flexibility index (Phi) is 6.44. The van der Waals surface area contributed by atoms with Gasteiger partial charge in [-0.15, -0.1) is 0 Å². The largest absolute Gasteiger partial charge is 0.457 e. The lowest BCUT2D eigenvalue weighted by atomic mass is 9.43. The molecule has 0 aromatic carbocycles. The van der Waals surface area contributed by atoms with Gasteiger partial charge >= 0.3 is 11.7 Å². The molecule has 188 valence electrons. The maximum Gasteiger partial charge on any atom is 0.420 e. The molecule has 8 heteroatoms. The molecule has 4 aliphatic rings. The predicted octanol–water partition coefficient (Wildman–Crippen LogP) is 3.81. The van der Waals surface area contributed by atoms with E-state index >= 15 is 0 Å². The van der Waals surface area contributed by atoms with Crippen LogP contribution in [0.2, 0.25) is 0 Å². The standard InChI is InChI=1S/C26H40N4O4/c1-5-20(29-27)25(32)14-13-23(3)16(15-25)7-8-17-18(23)9-11-24(4)19(17)10-12-26(24,33)21(30-28)22(31)34-6-2/h16-19,32-33H,5-15H2,1-4H3/t16-,17+,18-,19-,23-,24-,25?,26?/m0/s1. The van der Waals surface area contributed by atoms with Gasteiger partial charge in [0.05, 0.1) is 6.61 Å². The van der Waals surface area contributed by atoms with E-state index in [1.54, 1.807) is 6.92 Å². The molecule has 0 aromatic rings. The number of rotatable bonds is 5. The average Bonchev–Trinajstić information content (AvgIpc) is 3.07. The number of fused-ring (bicyclic) bond motifs is 5. The number of hydrogen-bond acceptors (Lipinski definition) is 4. The van der Waals surface area contributed by atoms with Gasteiger partial charge < -0.3 is 26.0 Å². The second-order valence-corrected chi connectivity index (χ2v) is 11.8. The monoisotopic (exact) mass is 472 g/mol. The van der Waals surface area contributed by atoms with Gasteiger partial charge in [-0.1, -0.05) is 20.8 Å². The molecule has 4 aliphatic carbocycles. The van der Waals surface area contributed by atoms with Crippen LogP contribution in [0.25, 0.3) is 11.1 Å². The van der Waals surface area contributed by atoms with Crippen molar-refractivity contribution in [2.45, 2.75) is 103 Å². The zero-order valence-electron chi connectivity index (χ0n) is 21.1. The average molecular weight is 473 g/mol. The molecule has 0 amide bonds. The summed E-state index contributed by atoms with van der Waals surface area (Å²) in [6.07, 6.45) is 7.52. The Morgan fingerprint density at radius 2 is 1.68 bits per heavy atom. The molecule has 4 fully saturated rings. The van der Waals surface area contributed by atoms with Gasteiger partial charge in [0, 0.05) is 11.8 Å². The highest BCUT2D eigenvalue weighted by molar-refractivity contribution is 6.37. The van der Waals surface area contributed by atoms with Crippen LogP contribution < -0.4 is 0 Å². The van der Waals surface area contributed by atoms with Crippen molar-refractivity contribution in [3.8, 4) is 0 Å². The molecule has 4 saturated carbocycles. The first kappa shape index (κ1) is 25.2. The Balaban J connectivity index is 1.61. The first-order valence-corrected chi connectivity index (χ1v) is 13.1. The van der Waals surface area contributed by atoms with Crippen molar-refractivity contribution in [1.29, 1.82) is 0 Å². The lowest BCUT2D eigenvalue weighted by Gasteiger charge is -2.61. The molecule has 2 N–H and O–H groups in total. The van der Waals surface area contributed by atoms with Crippen molar-refractivity contribution in [3.05, 3.63) is 11.1 Å². The summed E-state index contributed by atoms with van der Waals surface area (Å²) in [5.74, 6) is 0.737. The van der Waals surface area contributed by atoms with E-state index in [1.807, 2.05) is 6.92 Å². The molecule has 0 bridgehead atoms. The fourth-order valence-corrected chi connectivity index (χ4v) is 8.90. The van der Waals surface area contributed by atoms with Gasteiger partial charge in [0.1, 0.15) is 0 Å². The number of ether oxygens (including phenoxy) is 1. The van der Waals surface area contributed by atoms with Crippen molar-refractivity contribution < 1.29 is 29.3 Å². The van der Waals surface area contributed by atoms with Crippen LogP contribution >= 0.6 is 0 Å². The smallest absolute Gasteiger partial charge is 0.420 e. The predicted molar refractivity (Wildman–Crippen MR) is 126 cm³/mol. The number of carbonyl (C=O) groups excluding carboxylic acids is 1. The number of aliphatic hydroxyl groups is 2. The maximum atomic E-state index is 12.5. The van der Waals surface area contributed by atoms with E-state index in [1.165, 1.54) is 0 Å². The second kappa shape index (κ2) is 8.67. The molecular formula is C26H40N4O4. The normalized spacial score (nSPS) is 45.1. The summed E-state index contributed by atoms with van der Waals surface area (Å²) in [6, 6.07) is 0. The molecule has 0 heterocycles. The summed E-state index contributed by atoms with van der Waals surface area (Å²) >= 11 is 0. The van der Waals surface area contributed by atoms with Crippen LogP contribution in [0, 0.1) is 34.5 Å². The Morgan fingerprint density at radius 3 is 2.29 bits per heavy atom. The van der Waals surface area contributed by atoms with Crippen molar-refractivity contribution in [1.82, 2.24) is 0 Å². The highest BCUT2D eigenvalue weighted by Crippen LogP contribution is 2.69. The SMILES string of the molecule is CCOC(=O)C(=[N+]=[N-])C1(O)CC[C@H]2[C@@H]3CC[C@H]4CC(O)(C(CC)=[N+]=[N-])CC[C@]4(C)[C@H]3CC[C@@]21C. The maximum absolute atomic E-state index is 12.5. The zero-order chi connectivity index (χ0) is 24.9. The minimum absolute atomic E-state index is 0.0839. The van der Waals surface area contributed by atoms with E-state index < -0.39 is 22.6 Å². The minimum atomic E-state index is -1.50. The molecule has 4 rings (SSSR count). The fraction of sp³-hybridized carbons (Fsp3) is 0.885. The number of hydrogen-bond donors (Lipinski definition) is 2. The van der Waals surface area contributed by atoms with E-state index in [2.05, 4.69) is 23.4 Å². The van der Waals surface area contributed by atoms with Gasteiger partial charge in [-0.25, -0.2) is 4.79 Å². The van der Waals surface area contributed by atoms with Crippen molar-refractivity contribution >= 4 is 17.4 Å². The van der Waals surface area contributed by atoms with Crippen LogP contribution in [0.1, 0.15) is 91.9 Å². The summed E-state index contributed by atoms with van der Waals surface area (Å²) in [5, 5.41) is 23.1. The minimum Gasteiger partial charge on any atom is -0.457 e. The molecule has 0 saturated heterocycles. The highest BCUT2D eigenvalue weighted by Gasteiger charge is 2.70. The van der Waals surface area contributed by atoms with Gasteiger partial charge in [-0.2, -0.15) is 9.58 Å². The topological polar surface area (TPSA) is 140 Å². The lowest BCUT2D eigenvalue weighted by molar-refractivity contribution is -0.166. The molecule has 8 nitrogen and oxygen atoms in total. The van der Waals surface area contributed by atoms with Crippen molar-refractivity contribution in [2.24, 2.45) is 34.5 Å². The third-order valence-corrected chi connectivity index (χ3v) is 10.8. The van der Waals surface area contributed by atoms with Gasteiger partial charge in [0.2, 0.25) is 0 Å². The highest BCUT2D eigenvalue weighted by atomic mass is 16.5.